The standard InChI is InChI=1S/C19H29N3O2.HI/c1-3-24-17-8-4-15(5-9-17)19(10-12-23-13-11-19)14-21-18(20)22(2)16-6-7-16;/h4-5,8-9,16H,3,6-7,10-14H2,1-2H3,(H2,20,21);1H. The van der Waals surface area contributed by atoms with Gasteiger partial charge in [0.05, 0.1) is 13.2 Å². The number of halogens is 1. The number of benzene rings is 1. The molecule has 0 unspecified atom stereocenters. The number of hydrogen-bond acceptors (Lipinski definition) is 3. The number of ether oxygens (including phenoxy) is 2. The first-order valence-electron chi connectivity index (χ1n) is 8.98. The average Bonchev–Trinajstić information content (AvgIpc) is 3.46. The van der Waals surface area contributed by atoms with Gasteiger partial charge in [-0.25, -0.2) is 0 Å². The third-order valence-electron chi connectivity index (χ3n) is 5.23. The van der Waals surface area contributed by atoms with Crippen LogP contribution in [0.1, 0.15) is 38.2 Å². The van der Waals surface area contributed by atoms with Gasteiger partial charge in [0.15, 0.2) is 5.96 Å². The smallest absolute Gasteiger partial charge is 0.191 e. The van der Waals surface area contributed by atoms with Crippen molar-refractivity contribution in [2.45, 2.75) is 44.1 Å². The van der Waals surface area contributed by atoms with Gasteiger partial charge in [-0.15, -0.1) is 24.0 Å². The molecule has 0 spiro atoms. The fourth-order valence-corrected chi connectivity index (χ4v) is 3.36. The van der Waals surface area contributed by atoms with Gasteiger partial charge in [-0.05, 0) is 50.3 Å². The van der Waals surface area contributed by atoms with Crippen LogP contribution in [-0.2, 0) is 10.2 Å². The zero-order valence-corrected chi connectivity index (χ0v) is 17.6. The van der Waals surface area contributed by atoms with Crippen molar-refractivity contribution >= 4 is 29.9 Å². The van der Waals surface area contributed by atoms with Gasteiger partial charge < -0.3 is 20.1 Å². The van der Waals surface area contributed by atoms with Gasteiger partial charge in [-0.2, -0.15) is 0 Å². The van der Waals surface area contributed by atoms with E-state index < -0.39 is 0 Å². The van der Waals surface area contributed by atoms with E-state index in [4.69, 9.17) is 20.2 Å². The number of nitrogens with zero attached hydrogens (tertiary/aromatic N) is 2. The predicted octanol–water partition coefficient (Wildman–Crippen LogP) is 3.16. The first kappa shape index (κ1) is 20.3. The number of nitrogens with two attached hydrogens (primary N) is 1. The summed E-state index contributed by atoms with van der Waals surface area (Å²) in [5.74, 6) is 1.58. The minimum Gasteiger partial charge on any atom is -0.494 e. The molecule has 140 valence electrons. The molecule has 0 radical (unpaired) electrons. The molecule has 25 heavy (non-hydrogen) atoms. The Morgan fingerprint density at radius 2 is 1.92 bits per heavy atom. The van der Waals surface area contributed by atoms with Crippen LogP contribution in [0.5, 0.6) is 5.75 Å². The highest BCUT2D eigenvalue weighted by molar-refractivity contribution is 14.0. The quantitative estimate of drug-likeness (QED) is 0.404. The Balaban J connectivity index is 0.00000225. The van der Waals surface area contributed by atoms with Gasteiger partial charge in [0.25, 0.3) is 0 Å². The van der Waals surface area contributed by atoms with Gasteiger partial charge in [0.2, 0.25) is 0 Å². The molecule has 1 aromatic rings. The molecular weight excluding hydrogens is 429 g/mol. The highest BCUT2D eigenvalue weighted by Gasteiger charge is 2.35. The summed E-state index contributed by atoms with van der Waals surface area (Å²) in [6.45, 7) is 4.96. The van der Waals surface area contributed by atoms with E-state index in [-0.39, 0.29) is 29.4 Å². The largest absolute Gasteiger partial charge is 0.494 e. The van der Waals surface area contributed by atoms with Crippen molar-refractivity contribution < 1.29 is 9.47 Å². The Morgan fingerprint density at radius 1 is 1.28 bits per heavy atom. The van der Waals surface area contributed by atoms with Gasteiger partial charge in [0, 0.05) is 31.7 Å². The molecule has 0 amide bonds. The molecule has 5 nitrogen and oxygen atoms in total. The Hall–Kier alpha value is -1.02. The van der Waals surface area contributed by atoms with E-state index in [0.717, 1.165) is 31.8 Å². The maximum absolute atomic E-state index is 6.20. The molecule has 2 aliphatic rings. The molecular formula is C19H30IN3O2. The molecule has 1 saturated heterocycles. The Bertz CT molecular complexity index is 567. The van der Waals surface area contributed by atoms with Crippen molar-refractivity contribution in [2.75, 3.05) is 33.4 Å². The average molecular weight is 459 g/mol. The van der Waals surface area contributed by atoms with Crippen LogP contribution in [0.3, 0.4) is 0 Å². The van der Waals surface area contributed by atoms with Gasteiger partial charge in [-0.1, -0.05) is 12.1 Å². The van der Waals surface area contributed by atoms with E-state index in [1.807, 2.05) is 14.0 Å². The summed E-state index contributed by atoms with van der Waals surface area (Å²) < 4.78 is 11.2. The fourth-order valence-electron chi connectivity index (χ4n) is 3.36. The molecule has 6 heteroatoms. The summed E-state index contributed by atoms with van der Waals surface area (Å²) in [5.41, 5.74) is 7.52. The zero-order valence-electron chi connectivity index (χ0n) is 15.2. The number of aliphatic imine (C=N–C) groups is 1. The molecule has 2 N–H and O–H groups in total. The van der Waals surface area contributed by atoms with E-state index in [1.165, 1.54) is 18.4 Å². The first-order chi connectivity index (χ1) is 11.6. The van der Waals surface area contributed by atoms with E-state index in [2.05, 4.69) is 29.2 Å². The first-order valence-corrected chi connectivity index (χ1v) is 8.98. The van der Waals surface area contributed by atoms with Crippen molar-refractivity contribution in [3.63, 3.8) is 0 Å². The molecule has 2 fully saturated rings. The van der Waals surface area contributed by atoms with Crippen LogP contribution in [-0.4, -0.2) is 50.3 Å². The fraction of sp³-hybridized carbons (Fsp3) is 0.632. The summed E-state index contributed by atoms with van der Waals surface area (Å²) in [4.78, 5) is 6.87. The van der Waals surface area contributed by atoms with E-state index in [1.54, 1.807) is 0 Å². The lowest BCUT2D eigenvalue weighted by molar-refractivity contribution is 0.0530. The number of guanidine groups is 1. The van der Waals surface area contributed by atoms with Crippen molar-refractivity contribution in [1.29, 1.82) is 0 Å². The molecule has 0 atom stereocenters. The number of hydrogen-bond donors (Lipinski definition) is 1. The maximum Gasteiger partial charge on any atom is 0.191 e. The summed E-state index contributed by atoms with van der Waals surface area (Å²) >= 11 is 0. The van der Waals surface area contributed by atoms with E-state index >= 15 is 0 Å². The lowest BCUT2D eigenvalue weighted by atomic mass is 9.74. The third kappa shape index (κ3) is 5.00. The van der Waals surface area contributed by atoms with Crippen LogP contribution in [0.25, 0.3) is 0 Å². The summed E-state index contributed by atoms with van der Waals surface area (Å²) in [6.07, 6.45) is 4.41. The minimum absolute atomic E-state index is 0. The lowest BCUT2D eigenvalue weighted by Gasteiger charge is -2.37. The minimum atomic E-state index is 0. The molecule has 1 aromatic carbocycles. The number of rotatable bonds is 6. The van der Waals surface area contributed by atoms with Gasteiger partial charge >= 0.3 is 0 Å². The van der Waals surface area contributed by atoms with Crippen molar-refractivity contribution in [3.8, 4) is 5.75 Å². The molecule has 1 aliphatic heterocycles. The molecule has 1 aliphatic carbocycles. The monoisotopic (exact) mass is 459 g/mol. The summed E-state index contributed by atoms with van der Waals surface area (Å²) in [7, 11) is 2.05. The zero-order chi connectivity index (χ0) is 17.0. The van der Waals surface area contributed by atoms with Crippen molar-refractivity contribution in [2.24, 2.45) is 10.7 Å². The molecule has 1 heterocycles. The maximum atomic E-state index is 6.20. The van der Waals surface area contributed by atoms with E-state index in [0.29, 0.717) is 25.2 Å². The summed E-state index contributed by atoms with van der Waals surface area (Å²) in [6, 6.07) is 9.04. The SMILES string of the molecule is CCOc1ccc(C2(CN=C(N)N(C)C3CC3)CCOCC2)cc1.I. The van der Waals surface area contributed by atoms with Crippen LogP contribution >= 0.6 is 24.0 Å². The third-order valence-corrected chi connectivity index (χ3v) is 5.23. The second-order valence-corrected chi connectivity index (χ2v) is 6.87. The van der Waals surface area contributed by atoms with E-state index in [9.17, 15) is 0 Å². The Labute approximate surface area is 168 Å². The van der Waals surface area contributed by atoms with Crippen LogP contribution in [0.4, 0.5) is 0 Å². The second kappa shape index (κ2) is 9.07. The topological polar surface area (TPSA) is 60.1 Å². The molecule has 0 bridgehead atoms. The Morgan fingerprint density at radius 3 is 2.48 bits per heavy atom. The molecule has 0 aromatic heterocycles. The van der Waals surface area contributed by atoms with Crippen LogP contribution in [0, 0.1) is 0 Å². The second-order valence-electron chi connectivity index (χ2n) is 6.87. The normalized spacial score (nSPS) is 19.8. The van der Waals surface area contributed by atoms with Crippen LogP contribution in [0.15, 0.2) is 29.3 Å². The Kier molecular flexibility index (Phi) is 7.37. The van der Waals surface area contributed by atoms with Crippen LogP contribution < -0.4 is 10.5 Å². The molecule has 3 rings (SSSR count). The van der Waals surface area contributed by atoms with Crippen molar-refractivity contribution in [1.82, 2.24) is 4.90 Å². The van der Waals surface area contributed by atoms with Crippen molar-refractivity contribution in [3.05, 3.63) is 29.8 Å². The van der Waals surface area contributed by atoms with Gasteiger partial charge in [-0.3, -0.25) is 4.99 Å². The lowest BCUT2D eigenvalue weighted by Crippen LogP contribution is -2.40. The predicted molar refractivity (Wildman–Crippen MR) is 112 cm³/mol. The highest BCUT2D eigenvalue weighted by Crippen LogP contribution is 2.36. The molecule has 1 saturated carbocycles. The summed E-state index contributed by atoms with van der Waals surface area (Å²) in [5, 5.41) is 0. The van der Waals surface area contributed by atoms with Crippen LogP contribution in [0.2, 0.25) is 0 Å². The highest BCUT2D eigenvalue weighted by atomic mass is 127. The van der Waals surface area contributed by atoms with Gasteiger partial charge in [0.1, 0.15) is 5.75 Å².